The van der Waals surface area contributed by atoms with Crippen LogP contribution < -0.4 is 0 Å². The van der Waals surface area contributed by atoms with E-state index in [2.05, 4.69) is 17.1 Å². The number of hydrogen-bond acceptors (Lipinski definition) is 4. The average molecular weight is 304 g/mol. The summed E-state index contributed by atoms with van der Waals surface area (Å²) in [5.74, 6) is 2.01. The van der Waals surface area contributed by atoms with Crippen molar-refractivity contribution in [3.05, 3.63) is 52.0 Å². The van der Waals surface area contributed by atoms with Crippen molar-refractivity contribution in [2.75, 3.05) is 18.1 Å². The molecule has 2 aromatic rings. The Morgan fingerprint density at radius 1 is 1.35 bits per heavy atom. The normalized spacial score (nSPS) is 19.1. The average Bonchev–Trinajstić information content (AvgIpc) is 2.94. The molecule has 1 fully saturated rings. The third-order valence-electron chi connectivity index (χ3n) is 3.41. The van der Waals surface area contributed by atoms with E-state index in [-0.39, 0.29) is 11.9 Å². The molecule has 0 saturated carbocycles. The van der Waals surface area contributed by atoms with Crippen LogP contribution in [0.5, 0.6) is 0 Å². The molecule has 0 aliphatic carbocycles. The van der Waals surface area contributed by atoms with Crippen LogP contribution in [0.2, 0.25) is 0 Å². The second-order valence-corrected chi connectivity index (χ2v) is 6.96. The Labute approximate surface area is 127 Å². The maximum Gasteiger partial charge on any atom is 0.273 e. The molecule has 0 N–H and O–H groups in total. The Kier molecular flexibility index (Phi) is 4.08. The largest absolute Gasteiger partial charge is 0.329 e. The van der Waals surface area contributed by atoms with Crippen molar-refractivity contribution in [2.45, 2.75) is 13.0 Å². The van der Waals surface area contributed by atoms with Crippen LogP contribution >= 0.6 is 23.1 Å². The third-order valence-corrected chi connectivity index (χ3v) is 5.21. The summed E-state index contributed by atoms with van der Waals surface area (Å²) in [6, 6.07) is 10.4. The zero-order valence-electron chi connectivity index (χ0n) is 11.3. The predicted octanol–water partition coefficient (Wildman–Crippen LogP) is 3.38. The Morgan fingerprint density at radius 3 is 2.85 bits per heavy atom. The molecule has 1 unspecified atom stereocenters. The van der Waals surface area contributed by atoms with Crippen LogP contribution in [0.4, 0.5) is 0 Å². The molecule has 0 spiro atoms. The molecule has 3 rings (SSSR count). The number of rotatable bonds is 2. The van der Waals surface area contributed by atoms with Crippen molar-refractivity contribution in [3.8, 4) is 0 Å². The first-order valence-electron chi connectivity index (χ1n) is 6.61. The molecule has 2 heterocycles. The summed E-state index contributed by atoms with van der Waals surface area (Å²) < 4.78 is 0. The lowest BCUT2D eigenvalue weighted by molar-refractivity contribution is 0.0696. The maximum atomic E-state index is 12.7. The highest BCUT2D eigenvalue weighted by Gasteiger charge is 2.29. The van der Waals surface area contributed by atoms with E-state index in [0.717, 1.165) is 23.1 Å². The Bertz CT molecular complexity index is 597. The van der Waals surface area contributed by atoms with E-state index in [1.54, 1.807) is 0 Å². The number of amides is 1. The van der Waals surface area contributed by atoms with Gasteiger partial charge in [0.15, 0.2) is 0 Å². The van der Waals surface area contributed by atoms with Crippen LogP contribution in [0.3, 0.4) is 0 Å². The van der Waals surface area contributed by atoms with Gasteiger partial charge in [0.1, 0.15) is 5.69 Å². The molecule has 104 valence electrons. The van der Waals surface area contributed by atoms with Crippen molar-refractivity contribution in [2.24, 2.45) is 0 Å². The minimum atomic E-state index is 0.0588. The number of thiazole rings is 1. The highest BCUT2D eigenvalue weighted by Crippen LogP contribution is 2.30. The van der Waals surface area contributed by atoms with Crippen LogP contribution in [0.25, 0.3) is 0 Å². The van der Waals surface area contributed by atoms with Crippen molar-refractivity contribution < 1.29 is 4.79 Å². The molecular formula is C15H16N2OS2. The number of aromatic nitrogens is 1. The minimum absolute atomic E-state index is 0.0588. The zero-order chi connectivity index (χ0) is 13.9. The minimum Gasteiger partial charge on any atom is -0.329 e. The van der Waals surface area contributed by atoms with Gasteiger partial charge in [-0.1, -0.05) is 30.3 Å². The van der Waals surface area contributed by atoms with Gasteiger partial charge in [0, 0.05) is 23.4 Å². The lowest BCUT2D eigenvalue weighted by atomic mass is 10.1. The van der Waals surface area contributed by atoms with E-state index < -0.39 is 0 Å². The SMILES string of the molecule is Cc1nc(C(=O)N2CCSCC2c2ccccc2)cs1. The van der Waals surface area contributed by atoms with Gasteiger partial charge in [0.2, 0.25) is 0 Å². The highest BCUT2D eigenvalue weighted by atomic mass is 32.2. The van der Waals surface area contributed by atoms with Crippen molar-refractivity contribution in [1.29, 1.82) is 0 Å². The smallest absolute Gasteiger partial charge is 0.273 e. The number of thioether (sulfide) groups is 1. The second kappa shape index (κ2) is 5.97. The lowest BCUT2D eigenvalue weighted by Crippen LogP contribution is -2.40. The van der Waals surface area contributed by atoms with Gasteiger partial charge in [-0.2, -0.15) is 11.8 Å². The molecule has 1 aromatic carbocycles. The molecule has 3 nitrogen and oxygen atoms in total. The van der Waals surface area contributed by atoms with Crippen LogP contribution in [0.15, 0.2) is 35.7 Å². The van der Waals surface area contributed by atoms with Gasteiger partial charge < -0.3 is 4.90 Å². The summed E-state index contributed by atoms with van der Waals surface area (Å²) in [4.78, 5) is 19.0. The fraction of sp³-hybridized carbons (Fsp3) is 0.333. The molecule has 20 heavy (non-hydrogen) atoms. The Balaban J connectivity index is 1.87. The predicted molar refractivity (Wildman–Crippen MR) is 84.4 cm³/mol. The summed E-state index contributed by atoms with van der Waals surface area (Å²) in [6.45, 7) is 2.72. The Morgan fingerprint density at radius 2 is 2.15 bits per heavy atom. The molecule has 1 aromatic heterocycles. The van der Waals surface area contributed by atoms with Crippen LogP contribution in [-0.4, -0.2) is 33.8 Å². The molecule has 0 bridgehead atoms. The summed E-state index contributed by atoms with van der Waals surface area (Å²) in [7, 11) is 0. The Hall–Kier alpha value is -1.33. The number of nitrogens with zero attached hydrogens (tertiary/aromatic N) is 2. The maximum absolute atomic E-state index is 12.7. The molecular weight excluding hydrogens is 288 g/mol. The van der Waals surface area contributed by atoms with Crippen molar-refractivity contribution >= 4 is 29.0 Å². The van der Waals surface area contributed by atoms with Crippen LogP contribution in [-0.2, 0) is 0 Å². The molecule has 0 radical (unpaired) electrons. The first-order chi connectivity index (χ1) is 9.75. The first kappa shape index (κ1) is 13.6. The molecule has 1 saturated heterocycles. The van der Waals surface area contributed by atoms with Gasteiger partial charge in [-0.3, -0.25) is 4.79 Å². The second-order valence-electron chi connectivity index (χ2n) is 4.75. The lowest BCUT2D eigenvalue weighted by Gasteiger charge is -2.35. The summed E-state index contributed by atoms with van der Waals surface area (Å²) in [5, 5.41) is 2.80. The van der Waals surface area contributed by atoms with E-state index in [0.29, 0.717) is 5.69 Å². The number of carbonyl (C=O) groups is 1. The van der Waals surface area contributed by atoms with Gasteiger partial charge >= 0.3 is 0 Å². The standard InChI is InChI=1S/C15H16N2OS2/c1-11-16-13(9-20-11)15(18)17-7-8-19-10-14(17)12-5-3-2-4-6-12/h2-6,9,14H,7-8,10H2,1H3. The monoisotopic (exact) mass is 304 g/mol. The van der Waals surface area contributed by atoms with Crippen LogP contribution in [0, 0.1) is 6.92 Å². The van der Waals surface area contributed by atoms with E-state index in [9.17, 15) is 4.79 Å². The van der Waals surface area contributed by atoms with E-state index in [1.165, 1.54) is 16.9 Å². The summed E-state index contributed by atoms with van der Waals surface area (Å²) >= 11 is 3.44. The third kappa shape index (κ3) is 2.74. The number of carbonyl (C=O) groups excluding carboxylic acids is 1. The molecule has 5 heteroatoms. The number of hydrogen-bond donors (Lipinski definition) is 0. The van der Waals surface area contributed by atoms with Crippen molar-refractivity contribution in [1.82, 2.24) is 9.88 Å². The van der Waals surface area contributed by atoms with Gasteiger partial charge in [-0.25, -0.2) is 4.98 Å². The molecule has 1 aliphatic rings. The van der Waals surface area contributed by atoms with Gasteiger partial charge in [0.05, 0.1) is 11.0 Å². The van der Waals surface area contributed by atoms with Gasteiger partial charge in [-0.05, 0) is 12.5 Å². The number of benzene rings is 1. The fourth-order valence-corrected chi connectivity index (χ4v) is 4.08. The van der Waals surface area contributed by atoms with Gasteiger partial charge in [0.25, 0.3) is 5.91 Å². The first-order valence-corrected chi connectivity index (χ1v) is 8.65. The molecule has 1 atom stereocenters. The zero-order valence-corrected chi connectivity index (χ0v) is 12.9. The topological polar surface area (TPSA) is 33.2 Å². The van der Waals surface area contributed by atoms with Gasteiger partial charge in [-0.15, -0.1) is 11.3 Å². The molecule has 1 aliphatic heterocycles. The summed E-state index contributed by atoms with van der Waals surface area (Å²) in [6.07, 6.45) is 0. The number of aryl methyl sites for hydroxylation is 1. The highest BCUT2D eigenvalue weighted by molar-refractivity contribution is 7.99. The quantitative estimate of drug-likeness (QED) is 0.853. The van der Waals surface area contributed by atoms with Crippen molar-refractivity contribution in [3.63, 3.8) is 0 Å². The van der Waals surface area contributed by atoms with E-state index >= 15 is 0 Å². The van der Waals surface area contributed by atoms with E-state index in [1.807, 2.05) is 47.2 Å². The molecule has 1 amide bonds. The van der Waals surface area contributed by atoms with Crippen LogP contribution in [0.1, 0.15) is 27.1 Å². The van der Waals surface area contributed by atoms with E-state index in [4.69, 9.17) is 0 Å². The summed E-state index contributed by atoms with van der Waals surface area (Å²) in [5.41, 5.74) is 1.79. The fourth-order valence-electron chi connectivity index (χ4n) is 2.41.